The molecule has 2 heterocycles. The lowest BCUT2D eigenvalue weighted by molar-refractivity contribution is -0.113. The maximum atomic E-state index is 12.5. The van der Waals surface area contributed by atoms with Crippen LogP contribution < -0.4 is 14.8 Å². The largest absolute Gasteiger partial charge is 0.497 e. The Morgan fingerprint density at radius 2 is 1.81 bits per heavy atom. The van der Waals surface area contributed by atoms with Gasteiger partial charge < -0.3 is 14.8 Å². The first kappa shape index (κ1) is 21.9. The Morgan fingerprint density at radius 3 is 2.47 bits per heavy atom. The summed E-state index contributed by atoms with van der Waals surface area (Å²) in [6.07, 6.45) is 0. The molecule has 164 valence electrons. The van der Waals surface area contributed by atoms with Crippen molar-refractivity contribution in [3.05, 3.63) is 66.0 Å². The number of thiophene rings is 1. The first-order chi connectivity index (χ1) is 15.7. The van der Waals surface area contributed by atoms with Crippen molar-refractivity contribution in [1.29, 1.82) is 0 Å². The summed E-state index contributed by atoms with van der Waals surface area (Å²) in [5.41, 5.74) is 1.61. The van der Waals surface area contributed by atoms with Gasteiger partial charge in [-0.15, -0.1) is 21.5 Å². The van der Waals surface area contributed by atoms with Crippen LogP contribution in [0, 0.1) is 0 Å². The van der Waals surface area contributed by atoms with Gasteiger partial charge in [0.2, 0.25) is 5.91 Å². The average Bonchev–Trinajstić information content (AvgIpc) is 3.49. The fourth-order valence-corrected chi connectivity index (χ4v) is 4.47. The molecule has 0 saturated carbocycles. The molecular weight excluding hydrogens is 444 g/mol. The number of anilines is 1. The average molecular weight is 467 g/mol. The summed E-state index contributed by atoms with van der Waals surface area (Å²) in [5, 5.41) is 14.3. The molecule has 1 N–H and O–H groups in total. The van der Waals surface area contributed by atoms with Crippen molar-refractivity contribution in [2.45, 2.75) is 12.1 Å². The van der Waals surface area contributed by atoms with Crippen molar-refractivity contribution >= 4 is 34.7 Å². The number of hydrogen-bond donors (Lipinski definition) is 1. The Hall–Kier alpha value is -3.30. The van der Waals surface area contributed by atoms with Crippen LogP contribution in [0.5, 0.6) is 11.5 Å². The van der Waals surface area contributed by atoms with Gasteiger partial charge in [0.05, 0.1) is 30.0 Å². The lowest BCUT2D eigenvalue weighted by atomic mass is 10.3. The molecule has 0 fully saturated rings. The molecule has 2 aromatic carbocycles. The van der Waals surface area contributed by atoms with Crippen LogP contribution in [0.3, 0.4) is 0 Å². The fraction of sp³-hybridized carbons (Fsp3) is 0.174. The van der Waals surface area contributed by atoms with E-state index in [1.54, 1.807) is 42.7 Å². The number of nitrogens with one attached hydrogen (secondary N) is 1. The third-order valence-corrected chi connectivity index (χ3v) is 6.28. The maximum Gasteiger partial charge on any atom is 0.234 e. The van der Waals surface area contributed by atoms with Crippen molar-refractivity contribution < 1.29 is 14.3 Å². The van der Waals surface area contributed by atoms with E-state index >= 15 is 0 Å². The minimum Gasteiger partial charge on any atom is -0.497 e. The molecule has 0 aliphatic rings. The van der Waals surface area contributed by atoms with Crippen LogP contribution >= 0.6 is 23.1 Å². The topological polar surface area (TPSA) is 78.3 Å². The smallest absolute Gasteiger partial charge is 0.234 e. The first-order valence-electron chi connectivity index (χ1n) is 9.97. The minimum absolute atomic E-state index is 0.126. The van der Waals surface area contributed by atoms with E-state index in [1.165, 1.54) is 11.8 Å². The van der Waals surface area contributed by atoms with Gasteiger partial charge in [-0.2, -0.15) is 0 Å². The first-order valence-corrected chi connectivity index (χ1v) is 11.8. The van der Waals surface area contributed by atoms with Crippen LogP contribution in [-0.4, -0.2) is 40.1 Å². The third-order valence-electron chi connectivity index (χ3n) is 4.49. The van der Waals surface area contributed by atoms with E-state index in [-0.39, 0.29) is 11.7 Å². The minimum atomic E-state index is -0.126. The number of methoxy groups -OCH3 is 1. The van der Waals surface area contributed by atoms with Crippen LogP contribution in [-0.2, 0) is 4.79 Å². The second-order valence-electron chi connectivity index (χ2n) is 6.61. The molecule has 0 aliphatic heterocycles. The number of rotatable bonds is 9. The van der Waals surface area contributed by atoms with Gasteiger partial charge >= 0.3 is 0 Å². The predicted octanol–water partition coefficient (Wildman–Crippen LogP) is 5.13. The number of amides is 1. The molecule has 0 atom stereocenters. The number of hydrogen-bond acceptors (Lipinski definition) is 7. The van der Waals surface area contributed by atoms with Crippen LogP contribution in [0.25, 0.3) is 16.4 Å². The fourth-order valence-electron chi connectivity index (χ4n) is 3.02. The molecule has 0 aliphatic carbocycles. The van der Waals surface area contributed by atoms with Crippen LogP contribution in [0.1, 0.15) is 6.92 Å². The summed E-state index contributed by atoms with van der Waals surface area (Å²) in [7, 11) is 1.61. The molecule has 0 radical (unpaired) electrons. The van der Waals surface area contributed by atoms with Crippen LogP contribution in [0.4, 0.5) is 5.69 Å². The van der Waals surface area contributed by atoms with Gasteiger partial charge in [-0.05, 0) is 66.9 Å². The van der Waals surface area contributed by atoms with E-state index in [4.69, 9.17) is 9.47 Å². The molecule has 4 rings (SSSR count). The highest BCUT2D eigenvalue weighted by Gasteiger charge is 2.18. The Labute approximate surface area is 194 Å². The Kier molecular flexibility index (Phi) is 7.08. The van der Waals surface area contributed by atoms with Crippen LogP contribution in [0.15, 0.2) is 71.2 Å². The molecule has 0 unspecified atom stereocenters. The van der Waals surface area contributed by atoms with Crippen molar-refractivity contribution in [2.24, 2.45) is 0 Å². The second-order valence-corrected chi connectivity index (χ2v) is 8.50. The molecule has 7 nitrogen and oxygen atoms in total. The highest BCUT2D eigenvalue weighted by molar-refractivity contribution is 7.99. The molecule has 9 heteroatoms. The molecule has 0 bridgehead atoms. The number of benzene rings is 2. The highest BCUT2D eigenvalue weighted by Crippen LogP contribution is 2.31. The van der Waals surface area contributed by atoms with Gasteiger partial charge in [0, 0.05) is 5.69 Å². The van der Waals surface area contributed by atoms with E-state index in [0.717, 1.165) is 27.9 Å². The molecule has 0 saturated heterocycles. The number of nitrogens with zero attached hydrogens (tertiary/aromatic N) is 3. The number of carbonyl (C=O) groups is 1. The summed E-state index contributed by atoms with van der Waals surface area (Å²) >= 11 is 2.93. The van der Waals surface area contributed by atoms with Crippen molar-refractivity contribution in [2.75, 3.05) is 24.8 Å². The lowest BCUT2D eigenvalue weighted by Crippen LogP contribution is -2.14. The van der Waals surface area contributed by atoms with Gasteiger partial charge in [0.1, 0.15) is 11.5 Å². The van der Waals surface area contributed by atoms with Crippen LogP contribution in [0.2, 0.25) is 0 Å². The number of thioether (sulfide) groups is 1. The SMILES string of the molecule is CCOc1ccc(-n2c(SCC(=O)Nc3ccc(OC)cc3)nnc2-c2cccs2)cc1. The monoisotopic (exact) mass is 466 g/mol. The Bertz CT molecular complexity index is 1160. The molecular formula is C23H22N4O3S2. The molecule has 32 heavy (non-hydrogen) atoms. The predicted molar refractivity (Wildman–Crippen MR) is 128 cm³/mol. The summed E-state index contributed by atoms with van der Waals surface area (Å²) in [6.45, 7) is 2.56. The summed E-state index contributed by atoms with van der Waals surface area (Å²) in [4.78, 5) is 13.5. The summed E-state index contributed by atoms with van der Waals surface area (Å²) in [6, 6.07) is 19.0. The summed E-state index contributed by atoms with van der Waals surface area (Å²) in [5.74, 6) is 2.35. The van der Waals surface area contributed by atoms with E-state index in [9.17, 15) is 4.79 Å². The van der Waals surface area contributed by atoms with Crippen molar-refractivity contribution in [3.8, 4) is 27.9 Å². The normalized spacial score (nSPS) is 10.7. The molecule has 2 aromatic heterocycles. The number of aromatic nitrogens is 3. The van der Waals surface area contributed by atoms with Gasteiger partial charge in [0.25, 0.3) is 0 Å². The molecule has 0 spiro atoms. The zero-order valence-corrected chi connectivity index (χ0v) is 19.3. The maximum absolute atomic E-state index is 12.5. The second kappa shape index (κ2) is 10.3. The van der Waals surface area contributed by atoms with E-state index in [1.807, 2.05) is 53.3 Å². The van der Waals surface area contributed by atoms with Gasteiger partial charge in [-0.25, -0.2) is 0 Å². The third kappa shape index (κ3) is 5.12. The van der Waals surface area contributed by atoms with Gasteiger partial charge in [-0.3, -0.25) is 9.36 Å². The van der Waals surface area contributed by atoms with Gasteiger partial charge in [-0.1, -0.05) is 17.8 Å². The summed E-state index contributed by atoms with van der Waals surface area (Å²) < 4.78 is 12.7. The lowest BCUT2D eigenvalue weighted by Gasteiger charge is -2.11. The van der Waals surface area contributed by atoms with Crippen molar-refractivity contribution in [3.63, 3.8) is 0 Å². The van der Waals surface area contributed by atoms with E-state index in [2.05, 4.69) is 15.5 Å². The number of ether oxygens (including phenoxy) is 2. The molecule has 1 amide bonds. The highest BCUT2D eigenvalue weighted by atomic mass is 32.2. The zero-order chi connectivity index (χ0) is 22.3. The Balaban J connectivity index is 1.53. The van der Waals surface area contributed by atoms with Gasteiger partial charge in [0.15, 0.2) is 11.0 Å². The van der Waals surface area contributed by atoms with E-state index < -0.39 is 0 Å². The zero-order valence-electron chi connectivity index (χ0n) is 17.6. The quantitative estimate of drug-likeness (QED) is 0.345. The number of carbonyl (C=O) groups excluding carboxylic acids is 1. The standard InChI is InChI=1S/C23H22N4O3S2/c1-3-30-19-12-8-17(9-13-19)27-22(20-5-4-14-31-20)25-26-23(27)32-15-21(28)24-16-6-10-18(29-2)11-7-16/h4-14H,3,15H2,1-2H3,(H,24,28). The Morgan fingerprint density at radius 1 is 1.06 bits per heavy atom. The molecule has 4 aromatic rings. The van der Waals surface area contributed by atoms with Crippen molar-refractivity contribution in [1.82, 2.24) is 14.8 Å². The van der Waals surface area contributed by atoms with E-state index in [0.29, 0.717) is 17.5 Å².